The summed E-state index contributed by atoms with van der Waals surface area (Å²) in [6, 6.07) is 27.6. The molecule has 1 fully saturated rings. The number of nitrogens with one attached hydrogen (secondary N) is 1. The van der Waals surface area contributed by atoms with Gasteiger partial charge in [0.1, 0.15) is 0 Å². The molecule has 0 saturated carbocycles. The molecule has 4 heteroatoms. The monoisotopic (exact) mass is 402 g/mol. The number of aromatic nitrogens is 1. The molecule has 2 heterocycles. The van der Waals surface area contributed by atoms with E-state index in [4.69, 9.17) is 16.3 Å². The van der Waals surface area contributed by atoms with Crippen LogP contribution >= 0.6 is 11.6 Å². The van der Waals surface area contributed by atoms with E-state index in [9.17, 15) is 0 Å². The number of hydrogen-bond acceptors (Lipinski definition) is 2. The van der Waals surface area contributed by atoms with Gasteiger partial charge in [0, 0.05) is 34.6 Å². The van der Waals surface area contributed by atoms with Gasteiger partial charge in [-0.1, -0.05) is 72.3 Å². The van der Waals surface area contributed by atoms with Crippen LogP contribution in [0, 0.1) is 0 Å². The van der Waals surface area contributed by atoms with Crippen molar-refractivity contribution < 1.29 is 4.74 Å². The first kappa shape index (κ1) is 18.4. The number of halogens is 1. The first-order valence-corrected chi connectivity index (χ1v) is 10.4. The Morgan fingerprint density at radius 3 is 2.28 bits per heavy atom. The van der Waals surface area contributed by atoms with E-state index in [1.54, 1.807) is 0 Å². The summed E-state index contributed by atoms with van der Waals surface area (Å²) >= 11 is 6.21. The number of morpholine rings is 1. The third kappa shape index (κ3) is 3.58. The fraction of sp³-hybridized carbons (Fsp3) is 0.200. The number of hydrogen-bond donors (Lipinski definition) is 1. The Bertz CT molecular complexity index is 1100. The summed E-state index contributed by atoms with van der Waals surface area (Å²) in [4.78, 5) is 6.22. The SMILES string of the molecule is Clc1ccc([C@@H](c2c(-c3ccccc3)[nH]c3ccccc23)N2CCOCC2)cc1. The molecule has 146 valence electrons. The van der Waals surface area contributed by atoms with Gasteiger partial charge in [-0.3, -0.25) is 4.90 Å². The van der Waals surface area contributed by atoms with Crippen molar-refractivity contribution >= 4 is 22.5 Å². The summed E-state index contributed by atoms with van der Waals surface area (Å²) in [6.45, 7) is 3.32. The van der Waals surface area contributed by atoms with Crippen LogP contribution in [-0.4, -0.2) is 36.2 Å². The van der Waals surface area contributed by atoms with Gasteiger partial charge in [-0.05, 0) is 29.3 Å². The lowest BCUT2D eigenvalue weighted by Gasteiger charge is -2.35. The molecule has 0 aliphatic carbocycles. The molecule has 1 aliphatic rings. The zero-order valence-corrected chi connectivity index (χ0v) is 16.9. The summed E-state index contributed by atoms with van der Waals surface area (Å²) in [5, 5.41) is 2.02. The third-order valence-electron chi connectivity index (χ3n) is 5.68. The molecule has 1 saturated heterocycles. The maximum atomic E-state index is 6.21. The molecule has 0 spiro atoms. The van der Waals surface area contributed by atoms with Gasteiger partial charge in [0.05, 0.1) is 24.9 Å². The van der Waals surface area contributed by atoms with Crippen molar-refractivity contribution in [3.8, 4) is 11.3 Å². The van der Waals surface area contributed by atoms with Crippen molar-refractivity contribution in [1.29, 1.82) is 0 Å². The zero-order valence-electron chi connectivity index (χ0n) is 16.1. The van der Waals surface area contributed by atoms with Gasteiger partial charge in [-0.25, -0.2) is 0 Å². The first-order chi connectivity index (χ1) is 14.3. The van der Waals surface area contributed by atoms with Crippen LogP contribution in [0.5, 0.6) is 0 Å². The van der Waals surface area contributed by atoms with Crippen LogP contribution in [-0.2, 0) is 4.74 Å². The maximum absolute atomic E-state index is 6.21. The number of nitrogens with zero attached hydrogens (tertiary/aromatic N) is 1. The third-order valence-corrected chi connectivity index (χ3v) is 5.93. The molecule has 3 nitrogen and oxygen atoms in total. The van der Waals surface area contributed by atoms with Crippen LogP contribution in [0.4, 0.5) is 0 Å². The summed E-state index contributed by atoms with van der Waals surface area (Å²) in [5.74, 6) is 0. The second-order valence-electron chi connectivity index (χ2n) is 7.43. The van der Waals surface area contributed by atoms with Gasteiger partial charge in [0.25, 0.3) is 0 Å². The molecule has 1 aromatic heterocycles. The number of benzene rings is 3. The van der Waals surface area contributed by atoms with Gasteiger partial charge in [0.15, 0.2) is 0 Å². The number of rotatable bonds is 4. The van der Waals surface area contributed by atoms with Crippen LogP contribution in [0.2, 0.25) is 5.02 Å². The Labute approximate surface area is 175 Å². The van der Waals surface area contributed by atoms with Crippen molar-refractivity contribution in [3.63, 3.8) is 0 Å². The smallest absolute Gasteiger partial charge is 0.0630 e. The van der Waals surface area contributed by atoms with E-state index in [1.807, 2.05) is 12.1 Å². The summed E-state index contributed by atoms with van der Waals surface area (Å²) in [6.07, 6.45) is 0. The summed E-state index contributed by atoms with van der Waals surface area (Å²) < 4.78 is 5.65. The molecule has 0 unspecified atom stereocenters. The van der Waals surface area contributed by atoms with Gasteiger partial charge < -0.3 is 9.72 Å². The second kappa shape index (κ2) is 8.03. The Morgan fingerprint density at radius 1 is 0.828 bits per heavy atom. The second-order valence-corrected chi connectivity index (χ2v) is 7.86. The average molecular weight is 403 g/mol. The Balaban J connectivity index is 1.75. The summed E-state index contributed by atoms with van der Waals surface area (Å²) in [7, 11) is 0. The minimum Gasteiger partial charge on any atom is -0.379 e. The number of ether oxygens (including phenoxy) is 1. The van der Waals surface area contributed by atoms with Crippen molar-refractivity contribution in [2.24, 2.45) is 0 Å². The highest BCUT2D eigenvalue weighted by molar-refractivity contribution is 6.30. The van der Waals surface area contributed by atoms with E-state index in [0.29, 0.717) is 0 Å². The van der Waals surface area contributed by atoms with Crippen LogP contribution in [0.25, 0.3) is 22.2 Å². The molecular formula is C25H23ClN2O. The molecule has 0 amide bonds. The van der Waals surface area contributed by atoms with Gasteiger partial charge in [-0.15, -0.1) is 0 Å². The molecule has 1 aliphatic heterocycles. The number of H-pyrrole nitrogens is 1. The van der Waals surface area contributed by atoms with Crippen LogP contribution < -0.4 is 0 Å². The highest BCUT2D eigenvalue weighted by Crippen LogP contribution is 2.41. The van der Waals surface area contributed by atoms with Gasteiger partial charge in [0.2, 0.25) is 0 Å². The molecule has 1 atom stereocenters. The predicted molar refractivity (Wildman–Crippen MR) is 119 cm³/mol. The predicted octanol–water partition coefficient (Wildman–Crippen LogP) is 5.91. The Hall–Kier alpha value is -2.59. The molecular weight excluding hydrogens is 380 g/mol. The molecule has 1 N–H and O–H groups in total. The van der Waals surface area contributed by atoms with E-state index in [1.165, 1.54) is 27.8 Å². The first-order valence-electron chi connectivity index (χ1n) is 10.0. The van der Waals surface area contributed by atoms with E-state index >= 15 is 0 Å². The Morgan fingerprint density at radius 2 is 1.52 bits per heavy atom. The lowest BCUT2D eigenvalue weighted by molar-refractivity contribution is 0.0243. The largest absolute Gasteiger partial charge is 0.379 e. The van der Waals surface area contributed by atoms with Crippen molar-refractivity contribution in [2.75, 3.05) is 26.3 Å². The minimum absolute atomic E-state index is 0.127. The van der Waals surface area contributed by atoms with Gasteiger partial charge >= 0.3 is 0 Å². The molecule has 3 aromatic carbocycles. The van der Waals surface area contributed by atoms with Crippen LogP contribution in [0.1, 0.15) is 17.2 Å². The molecule has 0 radical (unpaired) electrons. The molecule has 4 aromatic rings. The van der Waals surface area contributed by atoms with Crippen molar-refractivity contribution in [3.05, 3.63) is 95.0 Å². The number of aromatic amines is 1. The van der Waals surface area contributed by atoms with Crippen LogP contribution in [0.3, 0.4) is 0 Å². The van der Waals surface area contributed by atoms with E-state index in [2.05, 4.69) is 76.6 Å². The normalized spacial score (nSPS) is 16.2. The van der Waals surface area contributed by atoms with E-state index in [0.717, 1.165) is 36.8 Å². The van der Waals surface area contributed by atoms with E-state index < -0.39 is 0 Å². The quantitative estimate of drug-likeness (QED) is 0.459. The number of para-hydroxylation sites is 1. The standard InChI is InChI=1S/C25H23ClN2O/c26-20-12-10-19(11-13-20)25(28-14-16-29-17-15-28)23-21-8-4-5-9-22(21)27-24(23)18-6-2-1-3-7-18/h1-13,25,27H,14-17H2/t25-/m0/s1. The average Bonchev–Trinajstić information content (AvgIpc) is 3.16. The Kier molecular flexibility index (Phi) is 5.11. The lowest BCUT2D eigenvalue weighted by Crippen LogP contribution is -2.39. The van der Waals surface area contributed by atoms with E-state index in [-0.39, 0.29) is 6.04 Å². The highest BCUT2D eigenvalue weighted by atomic mass is 35.5. The fourth-order valence-electron chi connectivity index (χ4n) is 4.32. The fourth-order valence-corrected chi connectivity index (χ4v) is 4.45. The minimum atomic E-state index is 0.127. The van der Waals surface area contributed by atoms with Crippen LogP contribution in [0.15, 0.2) is 78.9 Å². The topological polar surface area (TPSA) is 28.3 Å². The van der Waals surface area contributed by atoms with Crippen molar-refractivity contribution in [1.82, 2.24) is 9.88 Å². The van der Waals surface area contributed by atoms with Crippen molar-refractivity contribution in [2.45, 2.75) is 6.04 Å². The molecule has 29 heavy (non-hydrogen) atoms. The maximum Gasteiger partial charge on any atom is 0.0630 e. The lowest BCUT2D eigenvalue weighted by atomic mass is 9.92. The highest BCUT2D eigenvalue weighted by Gasteiger charge is 2.29. The zero-order chi connectivity index (χ0) is 19.6. The number of fused-ring (bicyclic) bond motifs is 1. The molecule has 5 rings (SSSR count). The van der Waals surface area contributed by atoms with Gasteiger partial charge in [-0.2, -0.15) is 0 Å². The molecule has 0 bridgehead atoms. The summed E-state index contributed by atoms with van der Waals surface area (Å²) in [5.41, 5.74) is 6.10.